The van der Waals surface area contributed by atoms with Crippen LogP contribution in [0.25, 0.3) is 0 Å². The Kier molecular flexibility index (Phi) is 6.58. The summed E-state index contributed by atoms with van der Waals surface area (Å²) in [7, 11) is -2.44. The van der Waals surface area contributed by atoms with Gasteiger partial charge >= 0.3 is 5.97 Å². The van der Waals surface area contributed by atoms with E-state index in [1.54, 1.807) is 19.1 Å². The summed E-state index contributed by atoms with van der Waals surface area (Å²) in [5, 5.41) is 9.22. The predicted molar refractivity (Wildman–Crippen MR) is 88.2 cm³/mol. The Balaban J connectivity index is 3.06. The normalized spacial score (nSPS) is 13.1. The van der Waals surface area contributed by atoms with Crippen molar-refractivity contribution in [1.29, 1.82) is 0 Å². The van der Waals surface area contributed by atoms with E-state index in [1.807, 2.05) is 20.8 Å². The molecule has 0 saturated heterocycles. The molecule has 0 saturated carbocycles. The van der Waals surface area contributed by atoms with Crippen molar-refractivity contribution in [3.8, 4) is 5.75 Å². The number of aryl methyl sites for hydroxylation is 2. The van der Waals surface area contributed by atoms with Crippen molar-refractivity contribution in [3.05, 3.63) is 23.3 Å². The summed E-state index contributed by atoms with van der Waals surface area (Å²) in [5.41, 5.74) is 1.45. The average Bonchev–Trinajstić information content (AvgIpc) is 2.41. The predicted octanol–water partition coefficient (Wildman–Crippen LogP) is 2.34. The minimum Gasteiger partial charge on any atom is -0.495 e. The maximum atomic E-state index is 12.6. The van der Waals surface area contributed by atoms with Gasteiger partial charge in [-0.1, -0.05) is 19.9 Å². The van der Waals surface area contributed by atoms with E-state index < -0.39 is 21.9 Å². The van der Waals surface area contributed by atoms with Crippen molar-refractivity contribution in [2.75, 3.05) is 13.7 Å². The van der Waals surface area contributed by atoms with Gasteiger partial charge in [0.25, 0.3) is 0 Å². The Morgan fingerprint density at radius 1 is 1.30 bits per heavy atom. The second kappa shape index (κ2) is 7.79. The SMILES string of the molecule is COc1cc(C)cc(C)c1S(=O)(=O)NCC(CC(C)C)C(=O)O. The lowest BCUT2D eigenvalue weighted by Gasteiger charge is -2.18. The first kappa shape index (κ1) is 19.4. The molecule has 6 nitrogen and oxygen atoms in total. The van der Waals surface area contributed by atoms with Crippen LogP contribution in [0.1, 0.15) is 31.4 Å². The number of nitrogens with one attached hydrogen (secondary N) is 1. The van der Waals surface area contributed by atoms with E-state index in [2.05, 4.69) is 4.72 Å². The summed E-state index contributed by atoms with van der Waals surface area (Å²) in [5.74, 6) is -1.35. The number of benzene rings is 1. The number of rotatable bonds is 8. The number of sulfonamides is 1. The fourth-order valence-electron chi connectivity index (χ4n) is 2.53. The zero-order valence-corrected chi connectivity index (χ0v) is 15.0. The fraction of sp³-hybridized carbons (Fsp3) is 0.562. The van der Waals surface area contributed by atoms with E-state index in [9.17, 15) is 18.3 Å². The Morgan fingerprint density at radius 2 is 1.91 bits per heavy atom. The van der Waals surface area contributed by atoms with Crippen molar-refractivity contribution in [1.82, 2.24) is 4.72 Å². The van der Waals surface area contributed by atoms with Gasteiger partial charge in [-0.15, -0.1) is 0 Å². The van der Waals surface area contributed by atoms with Crippen molar-refractivity contribution in [2.24, 2.45) is 11.8 Å². The second-order valence-corrected chi connectivity index (χ2v) is 7.83. The third-order valence-electron chi connectivity index (χ3n) is 3.50. The number of aliphatic carboxylic acids is 1. The third kappa shape index (κ3) is 5.21. The number of carbonyl (C=O) groups is 1. The molecule has 7 heteroatoms. The molecule has 1 aromatic rings. The molecular weight excluding hydrogens is 318 g/mol. The topological polar surface area (TPSA) is 92.7 Å². The minimum absolute atomic E-state index is 0.0549. The van der Waals surface area contributed by atoms with E-state index in [-0.39, 0.29) is 23.1 Å². The second-order valence-electron chi connectivity index (χ2n) is 6.13. The summed E-state index contributed by atoms with van der Waals surface area (Å²) >= 11 is 0. The van der Waals surface area contributed by atoms with Gasteiger partial charge in [-0.3, -0.25) is 4.79 Å². The lowest BCUT2D eigenvalue weighted by atomic mass is 9.98. The highest BCUT2D eigenvalue weighted by Crippen LogP contribution is 2.28. The van der Waals surface area contributed by atoms with Gasteiger partial charge < -0.3 is 9.84 Å². The van der Waals surface area contributed by atoms with Crippen molar-refractivity contribution in [3.63, 3.8) is 0 Å². The fourth-order valence-corrected chi connectivity index (χ4v) is 3.99. The molecule has 0 aromatic heterocycles. The summed E-state index contributed by atoms with van der Waals surface area (Å²) < 4.78 is 32.7. The van der Waals surface area contributed by atoms with Gasteiger partial charge in [-0.05, 0) is 43.4 Å². The molecule has 0 bridgehead atoms. The van der Waals surface area contributed by atoms with Gasteiger partial charge in [0.15, 0.2) is 0 Å². The maximum absolute atomic E-state index is 12.6. The van der Waals surface area contributed by atoms with Gasteiger partial charge in [-0.25, -0.2) is 13.1 Å². The largest absolute Gasteiger partial charge is 0.495 e. The number of methoxy groups -OCH3 is 1. The van der Waals surface area contributed by atoms with E-state index in [0.29, 0.717) is 12.0 Å². The Labute approximate surface area is 137 Å². The van der Waals surface area contributed by atoms with Crippen LogP contribution < -0.4 is 9.46 Å². The van der Waals surface area contributed by atoms with E-state index >= 15 is 0 Å². The van der Waals surface area contributed by atoms with Gasteiger partial charge in [0.05, 0.1) is 13.0 Å². The van der Waals surface area contributed by atoms with E-state index in [4.69, 9.17) is 4.74 Å². The Bertz CT molecular complexity index is 667. The zero-order chi connectivity index (χ0) is 17.8. The molecular formula is C16H25NO5S. The highest BCUT2D eigenvalue weighted by Gasteiger charge is 2.26. The van der Waals surface area contributed by atoms with Crippen LogP contribution in [0.3, 0.4) is 0 Å². The molecule has 2 N–H and O–H groups in total. The van der Waals surface area contributed by atoms with E-state index in [1.165, 1.54) is 7.11 Å². The molecule has 0 fully saturated rings. The van der Waals surface area contributed by atoms with Crippen LogP contribution in [0.4, 0.5) is 0 Å². The number of hydrogen-bond donors (Lipinski definition) is 2. The Morgan fingerprint density at radius 3 is 2.39 bits per heavy atom. The number of ether oxygens (including phenoxy) is 1. The molecule has 0 aliphatic rings. The molecule has 23 heavy (non-hydrogen) atoms. The van der Waals surface area contributed by atoms with Gasteiger partial charge in [-0.2, -0.15) is 0 Å². The molecule has 1 rings (SSSR count). The highest BCUT2D eigenvalue weighted by atomic mass is 32.2. The first-order chi connectivity index (χ1) is 10.6. The van der Waals surface area contributed by atoms with Crippen LogP contribution in [0, 0.1) is 25.7 Å². The summed E-state index contributed by atoms with van der Waals surface area (Å²) in [4.78, 5) is 11.3. The van der Waals surface area contributed by atoms with E-state index in [0.717, 1.165) is 5.56 Å². The van der Waals surface area contributed by atoms with Crippen molar-refractivity contribution in [2.45, 2.75) is 39.0 Å². The smallest absolute Gasteiger partial charge is 0.307 e. The molecule has 0 aliphatic carbocycles. The first-order valence-corrected chi connectivity index (χ1v) is 8.94. The lowest BCUT2D eigenvalue weighted by Crippen LogP contribution is -2.34. The van der Waals surface area contributed by atoms with Crippen molar-refractivity contribution < 1.29 is 23.1 Å². The first-order valence-electron chi connectivity index (χ1n) is 7.46. The molecule has 0 radical (unpaired) electrons. The minimum atomic E-state index is -3.85. The highest BCUT2D eigenvalue weighted by molar-refractivity contribution is 7.89. The summed E-state index contributed by atoms with van der Waals surface area (Å²) in [6.45, 7) is 7.19. The Hall–Kier alpha value is -1.60. The average molecular weight is 343 g/mol. The van der Waals surface area contributed by atoms with Crippen LogP contribution in [0.2, 0.25) is 0 Å². The quantitative estimate of drug-likeness (QED) is 0.756. The van der Waals surface area contributed by atoms with Crippen LogP contribution in [-0.4, -0.2) is 33.1 Å². The summed E-state index contributed by atoms with van der Waals surface area (Å²) in [6.07, 6.45) is 0.405. The van der Waals surface area contributed by atoms with Crippen LogP contribution in [0.15, 0.2) is 17.0 Å². The number of carboxylic acids is 1. The molecule has 0 amide bonds. The molecule has 130 valence electrons. The number of carboxylic acid groups (broad SMARTS) is 1. The third-order valence-corrected chi connectivity index (χ3v) is 5.11. The van der Waals surface area contributed by atoms with Crippen molar-refractivity contribution >= 4 is 16.0 Å². The van der Waals surface area contributed by atoms with Crippen LogP contribution in [0.5, 0.6) is 5.75 Å². The molecule has 1 unspecified atom stereocenters. The zero-order valence-electron chi connectivity index (χ0n) is 14.2. The van der Waals surface area contributed by atoms with Gasteiger partial charge in [0.2, 0.25) is 10.0 Å². The molecule has 0 spiro atoms. The maximum Gasteiger partial charge on any atom is 0.307 e. The lowest BCUT2D eigenvalue weighted by molar-refractivity contribution is -0.142. The monoisotopic (exact) mass is 343 g/mol. The van der Waals surface area contributed by atoms with Crippen LogP contribution >= 0.6 is 0 Å². The number of hydrogen-bond acceptors (Lipinski definition) is 4. The summed E-state index contributed by atoms with van der Waals surface area (Å²) in [6, 6.07) is 3.39. The van der Waals surface area contributed by atoms with Gasteiger partial charge in [0, 0.05) is 6.54 Å². The molecule has 1 atom stereocenters. The molecule has 1 aromatic carbocycles. The van der Waals surface area contributed by atoms with Crippen LogP contribution in [-0.2, 0) is 14.8 Å². The molecule has 0 aliphatic heterocycles. The standard InChI is InChI=1S/C16H25NO5S/c1-10(2)6-13(16(18)19)9-17-23(20,21)15-12(4)7-11(3)8-14(15)22-5/h7-8,10,13,17H,6,9H2,1-5H3,(H,18,19). The molecule has 0 heterocycles. The van der Waals surface area contributed by atoms with Gasteiger partial charge in [0.1, 0.15) is 10.6 Å².